The Labute approximate surface area is 147 Å². The molecule has 5 nitrogen and oxygen atoms in total. The van der Waals surface area contributed by atoms with E-state index < -0.39 is 9.84 Å². The zero-order valence-corrected chi connectivity index (χ0v) is 14.7. The van der Waals surface area contributed by atoms with Crippen LogP contribution >= 0.6 is 0 Å². The number of benzene rings is 1. The zero-order valence-electron chi connectivity index (χ0n) is 13.8. The van der Waals surface area contributed by atoms with E-state index in [1.54, 1.807) is 23.2 Å². The van der Waals surface area contributed by atoms with E-state index in [0.717, 1.165) is 29.3 Å². The minimum absolute atomic E-state index is 0.0961. The Morgan fingerprint density at radius 3 is 2.64 bits per heavy atom. The fourth-order valence-corrected chi connectivity index (χ4v) is 5.23. The summed E-state index contributed by atoms with van der Waals surface area (Å²) < 4.78 is 23.5. The monoisotopic (exact) mass is 356 g/mol. The van der Waals surface area contributed by atoms with Crippen LogP contribution in [0.5, 0.6) is 0 Å². The van der Waals surface area contributed by atoms with Gasteiger partial charge in [0.15, 0.2) is 9.84 Å². The molecule has 1 saturated heterocycles. The van der Waals surface area contributed by atoms with Crippen LogP contribution in [0, 0.1) is 0 Å². The van der Waals surface area contributed by atoms with Crippen LogP contribution in [0.1, 0.15) is 24.8 Å². The fraction of sp³-hybridized carbons (Fsp3) is 0.368. The van der Waals surface area contributed by atoms with Crippen molar-refractivity contribution in [2.75, 3.05) is 11.5 Å². The summed E-state index contributed by atoms with van der Waals surface area (Å²) in [4.78, 5) is 18.9. The van der Waals surface area contributed by atoms with Gasteiger partial charge in [-0.05, 0) is 31.4 Å². The SMILES string of the molecule is O=C(/C=C/c1cccc2cccnc12)N(C1CC1)C1CCS(=O)(=O)C1. The van der Waals surface area contributed by atoms with Crippen molar-refractivity contribution in [2.24, 2.45) is 0 Å². The van der Waals surface area contributed by atoms with Gasteiger partial charge in [0.1, 0.15) is 0 Å². The van der Waals surface area contributed by atoms with Crippen LogP contribution in [0.25, 0.3) is 17.0 Å². The van der Waals surface area contributed by atoms with Gasteiger partial charge in [0, 0.05) is 35.3 Å². The van der Waals surface area contributed by atoms with Gasteiger partial charge in [0.05, 0.1) is 17.0 Å². The number of para-hydroxylation sites is 1. The average Bonchev–Trinajstić information content (AvgIpc) is 3.36. The molecule has 1 saturated carbocycles. The maximum atomic E-state index is 12.8. The van der Waals surface area contributed by atoms with Gasteiger partial charge in [0.2, 0.25) is 5.91 Å². The van der Waals surface area contributed by atoms with Gasteiger partial charge >= 0.3 is 0 Å². The third-order valence-corrected chi connectivity index (χ3v) is 6.62. The molecule has 0 N–H and O–H groups in total. The average molecular weight is 356 g/mol. The molecule has 1 aromatic heterocycles. The number of sulfone groups is 1. The summed E-state index contributed by atoms with van der Waals surface area (Å²) in [5, 5.41) is 1.03. The minimum Gasteiger partial charge on any atom is -0.332 e. The molecule has 1 aromatic carbocycles. The Kier molecular flexibility index (Phi) is 4.07. The molecule has 1 aliphatic carbocycles. The van der Waals surface area contributed by atoms with Gasteiger partial charge in [-0.15, -0.1) is 0 Å². The number of nitrogens with zero attached hydrogens (tertiary/aromatic N) is 2. The summed E-state index contributed by atoms with van der Waals surface area (Å²) in [5.41, 5.74) is 1.75. The van der Waals surface area contributed by atoms with Crippen LogP contribution in [-0.4, -0.2) is 47.8 Å². The Balaban J connectivity index is 1.58. The molecule has 2 fully saturated rings. The molecule has 2 aromatic rings. The highest BCUT2D eigenvalue weighted by molar-refractivity contribution is 7.91. The molecular weight excluding hydrogens is 336 g/mol. The number of hydrogen-bond donors (Lipinski definition) is 0. The molecule has 6 heteroatoms. The van der Waals surface area contributed by atoms with E-state index in [4.69, 9.17) is 0 Å². The smallest absolute Gasteiger partial charge is 0.247 e. The van der Waals surface area contributed by atoms with E-state index in [1.165, 1.54) is 0 Å². The van der Waals surface area contributed by atoms with E-state index in [0.29, 0.717) is 6.42 Å². The van der Waals surface area contributed by atoms with Crippen molar-refractivity contribution in [2.45, 2.75) is 31.3 Å². The number of carbonyl (C=O) groups is 1. The van der Waals surface area contributed by atoms with Gasteiger partial charge in [0.25, 0.3) is 0 Å². The van der Waals surface area contributed by atoms with Crippen molar-refractivity contribution in [1.29, 1.82) is 0 Å². The lowest BCUT2D eigenvalue weighted by atomic mass is 10.1. The maximum absolute atomic E-state index is 12.8. The number of hydrogen-bond acceptors (Lipinski definition) is 4. The first-order valence-corrected chi connectivity index (χ1v) is 10.4. The molecule has 1 amide bonds. The third kappa shape index (κ3) is 3.44. The first-order valence-electron chi connectivity index (χ1n) is 8.58. The highest BCUT2D eigenvalue weighted by Gasteiger charge is 2.41. The van der Waals surface area contributed by atoms with Crippen LogP contribution in [0.3, 0.4) is 0 Å². The van der Waals surface area contributed by atoms with Crippen molar-refractivity contribution < 1.29 is 13.2 Å². The van der Waals surface area contributed by atoms with Crippen LogP contribution in [0.2, 0.25) is 0 Å². The summed E-state index contributed by atoms with van der Waals surface area (Å²) in [5.74, 6) is 0.182. The number of amides is 1. The van der Waals surface area contributed by atoms with Crippen LogP contribution in [0.4, 0.5) is 0 Å². The van der Waals surface area contributed by atoms with E-state index in [9.17, 15) is 13.2 Å². The number of carbonyl (C=O) groups excluding carboxylic acids is 1. The maximum Gasteiger partial charge on any atom is 0.247 e. The first-order chi connectivity index (χ1) is 12.0. The molecule has 4 rings (SSSR count). The predicted octanol–water partition coefficient (Wildman–Crippen LogP) is 2.43. The highest BCUT2D eigenvalue weighted by atomic mass is 32.2. The lowest BCUT2D eigenvalue weighted by Gasteiger charge is -2.27. The lowest BCUT2D eigenvalue weighted by molar-refractivity contribution is -0.128. The molecule has 130 valence electrons. The second-order valence-corrected chi connectivity index (χ2v) is 9.02. The van der Waals surface area contributed by atoms with Gasteiger partial charge in [-0.1, -0.05) is 24.3 Å². The van der Waals surface area contributed by atoms with Gasteiger partial charge in [-0.3, -0.25) is 9.78 Å². The van der Waals surface area contributed by atoms with Gasteiger partial charge in [-0.25, -0.2) is 8.42 Å². The molecule has 2 heterocycles. The minimum atomic E-state index is -3.00. The molecule has 1 atom stereocenters. The molecule has 2 aliphatic rings. The Hall–Kier alpha value is -2.21. The van der Waals surface area contributed by atoms with Gasteiger partial charge in [-0.2, -0.15) is 0 Å². The number of rotatable bonds is 4. The summed E-state index contributed by atoms with van der Waals surface area (Å²) in [6, 6.07) is 9.75. The molecule has 1 aliphatic heterocycles. The second-order valence-electron chi connectivity index (χ2n) is 6.79. The molecule has 25 heavy (non-hydrogen) atoms. The Morgan fingerprint density at radius 2 is 1.92 bits per heavy atom. The van der Waals surface area contributed by atoms with Crippen molar-refractivity contribution in [1.82, 2.24) is 9.88 Å². The molecular formula is C19H20N2O3S. The van der Waals surface area contributed by atoms with Crippen molar-refractivity contribution in [3.8, 4) is 0 Å². The number of pyridine rings is 1. The quantitative estimate of drug-likeness (QED) is 0.789. The van der Waals surface area contributed by atoms with E-state index >= 15 is 0 Å². The normalized spacial score (nSPS) is 22.5. The predicted molar refractivity (Wildman–Crippen MR) is 97.7 cm³/mol. The van der Waals surface area contributed by atoms with E-state index in [1.807, 2.05) is 30.3 Å². The van der Waals surface area contributed by atoms with Crippen molar-refractivity contribution in [3.05, 3.63) is 48.2 Å². The summed E-state index contributed by atoms with van der Waals surface area (Å²) in [7, 11) is -3.00. The van der Waals surface area contributed by atoms with E-state index in [2.05, 4.69) is 4.98 Å². The molecule has 0 radical (unpaired) electrons. The first kappa shape index (κ1) is 16.3. The topological polar surface area (TPSA) is 67.3 Å². The summed E-state index contributed by atoms with van der Waals surface area (Å²) >= 11 is 0. The standard InChI is InChI=1S/C19H20N2O3S/c22-18(21(16-7-8-16)17-10-12-25(23,24)13-17)9-6-15-4-1-3-14-5-2-11-20-19(14)15/h1-6,9,11,16-17H,7-8,10,12-13H2/b9-6+. The molecule has 1 unspecified atom stereocenters. The summed E-state index contributed by atoms with van der Waals surface area (Å²) in [6.07, 6.45) is 7.57. The second kappa shape index (κ2) is 6.26. The number of fused-ring (bicyclic) bond motifs is 1. The Bertz CT molecular complexity index is 943. The van der Waals surface area contributed by atoms with Crippen molar-refractivity contribution in [3.63, 3.8) is 0 Å². The molecule has 0 bridgehead atoms. The lowest BCUT2D eigenvalue weighted by Crippen LogP contribution is -2.41. The van der Waals surface area contributed by atoms with Crippen molar-refractivity contribution >= 4 is 32.7 Å². The fourth-order valence-electron chi connectivity index (χ4n) is 3.51. The summed E-state index contributed by atoms with van der Waals surface area (Å²) in [6.45, 7) is 0. The number of aromatic nitrogens is 1. The van der Waals surface area contributed by atoms with Gasteiger partial charge < -0.3 is 4.90 Å². The van der Waals surface area contributed by atoms with Crippen LogP contribution in [-0.2, 0) is 14.6 Å². The largest absolute Gasteiger partial charge is 0.332 e. The van der Waals surface area contributed by atoms with E-state index in [-0.39, 0.29) is 29.5 Å². The highest BCUT2D eigenvalue weighted by Crippen LogP contribution is 2.32. The molecule has 0 spiro atoms. The Morgan fingerprint density at radius 1 is 1.12 bits per heavy atom. The zero-order chi connectivity index (χ0) is 17.4. The third-order valence-electron chi connectivity index (χ3n) is 4.87. The van der Waals surface area contributed by atoms with Crippen LogP contribution < -0.4 is 0 Å². The van der Waals surface area contributed by atoms with Crippen LogP contribution in [0.15, 0.2) is 42.6 Å².